The van der Waals surface area contributed by atoms with Crippen LogP contribution in [0.15, 0.2) is 42.6 Å². The summed E-state index contributed by atoms with van der Waals surface area (Å²) in [7, 11) is 0. The third-order valence-electron chi connectivity index (χ3n) is 5.81. The summed E-state index contributed by atoms with van der Waals surface area (Å²) in [4.78, 5) is 26.1. The maximum atomic E-state index is 12.7. The zero-order valence-electron chi connectivity index (χ0n) is 20.2. The van der Waals surface area contributed by atoms with Crippen molar-refractivity contribution in [1.29, 1.82) is 5.41 Å². The van der Waals surface area contributed by atoms with Gasteiger partial charge in [-0.3, -0.25) is 15.2 Å². The summed E-state index contributed by atoms with van der Waals surface area (Å²) in [6.45, 7) is 5.86. The van der Waals surface area contributed by atoms with E-state index in [1.54, 1.807) is 6.20 Å². The predicted molar refractivity (Wildman–Crippen MR) is 145 cm³/mol. The molecule has 0 unspecified atom stereocenters. The number of hydrogen-bond donors (Lipinski definition) is 4. The smallest absolute Gasteiger partial charge is 0.289 e. The molecule has 1 aliphatic rings. The highest BCUT2D eigenvalue weighted by molar-refractivity contribution is 5.97. The molecule has 0 radical (unpaired) electrons. The molecular formula is C25H33Cl2N7O. The van der Waals surface area contributed by atoms with Crippen LogP contribution in [0.2, 0.25) is 0 Å². The van der Waals surface area contributed by atoms with Crippen molar-refractivity contribution >= 4 is 53.3 Å². The number of fused-ring (bicyclic) bond motifs is 1. The van der Waals surface area contributed by atoms with E-state index in [1.165, 1.54) is 0 Å². The van der Waals surface area contributed by atoms with Crippen molar-refractivity contribution < 1.29 is 4.79 Å². The molecule has 188 valence electrons. The number of carbonyl (C=O) groups is 1. The van der Waals surface area contributed by atoms with Crippen molar-refractivity contribution in [3.05, 3.63) is 59.7 Å². The van der Waals surface area contributed by atoms with Gasteiger partial charge in [0.05, 0.1) is 5.52 Å². The fourth-order valence-electron chi connectivity index (χ4n) is 4.20. The number of amides is 1. The van der Waals surface area contributed by atoms with Crippen molar-refractivity contribution in [3.63, 3.8) is 0 Å². The van der Waals surface area contributed by atoms with Crippen LogP contribution < -0.4 is 16.0 Å². The summed E-state index contributed by atoms with van der Waals surface area (Å²) in [5, 5.41) is 19.2. The Labute approximate surface area is 218 Å². The van der Waals surface area contributed by atoms with Gasteiger partial charge in [0.25, 0.3) is 5.91 Å². The maximum Gasteiger partial charge on any atom is 0.289 e. The Morgan fingerprint density at radius 3 is 2.49 bits per heavy atom. The first-order valence-electron chi connectivity index (χ1n) is 11.5. The van der Waals surface area contributed by atoms with E-state index in [0.717, 1.165) is 42.1 Å². The van der Waals surface area contributed by atoms with E-state index in [9.17, 15) is 4.79 Å². The Bertz CT molecular complexity index is 1160. The van der Waals surface area contributed by atoms with E-state index in [0.29, 0.717) is 17.3 Å². The molecule has 0 aliphatic heterocycles. The number of amidine groups is 1. The highest BCUT2D eigenvalue weighted by Crippen LogP contribution is 2.27. The van der Waals surface area contributed by atoms with E-state index in [1.807, 2.05) is 57.2 Å². The Morgan fingerprint density at radius 2 is 1.80 bits per heavy atom. The highest BCUT2D eigenvalue weighted by atomic mass is 35.5. The lowest BCUT2D eigenvalue weighted by Crippen LogP contribution is -2.49. The van der Waals surface area contributed by atoms with E-state index in [2.05, 4.69) is 30.9 Å². The number of nitrogens with zero attached hydrogens (tertiary/aromatic N) is 3. The maximum absolute atomic E-state index is 12.7. The monoisotopic (exact) mass is 517 g/mol. The second-order valence-electron chi connectivity index (χ2n) is 8.92. The number of anilines is 1. The number of pyridine rings is 1. The van der Waals surface area contributed by atoms with Gasteiger partial charge in [0, 0.05) is 29.7 Å². The standard InChI is InChI=1S/C25H31N7O.2ClH/c1-15(2)28-25(33)24-30-18-12-11-16(3)14-17(18)23(32-24)31-20-9-5-4-8-19(20)29-22(26)21-10-6-7-13-27-21;;/h6-7,10-15,19-20H,4-5,8-9H2,1-3H3,(H2,26,29)(H,28,33)(H,30,31,32);2*1H/t19-,20+;;/m1../s1. The number of nitrogens with one attached hydrogen (secondary N) is 4. The average Bonchev–Trinajstić information content (AvgIpc) is 2.80. The van der Waals surface area contributed by atoms with Gasteiger partial charge in [-0.05, 0) is 57.9 Å². The van der Waals surface area contributed by atoms with Crippen LogP contribution >= 0.6 is 24.8 Å². The number of halogens is 2. The molecule has 2 aromatic heterocycles. The predicted octanol–water partition coefficient (Wildman–Crippen LogP) is 4.65. The zero-order chi connectivity index (χ0) is 23.4. The summed E-state index contributed by atoms with van der Waals surface area (Å²) in [5.41, 5.74) is 2.45. The summed E-state index contributed by atoms with van der Waals surface area (Å²) in [6, 6.07) is 11.6. The minimum absolute atomic E-state index is 0. The molecule has 3 aromatic rings. The zero-order valence-corrected chi connectivity index (χ0v) is 21.8. The minimum Gasteiger partial charge on any atom is -0.365 e. The quantitative estimate of drug-likeness (QED) is 0.279. The molecule has 1 fully saturated rings. The van der Waals surface area contributed by atoms with Crippen molar-refractivity contribution in [2.24, 2.45) is 0 Å². The molecule has 1 aromatic carbocycles. The molecule has 35 heavy (non-hydrogen) atoms. The largest absolute Gasteiger partial charge is 0.365 e. The third-order valence-corrected chi connectivity index (χ3v) is 5.81. The fourth-order valence-corrected chi connectivity index (χ4v) is 4.20. The van der Waals surface area contributed by atoms with E-state index in [4.69, 9.17) is 5.41 Å². The van der Waals surface area contributed by atoms with E-state index < -0.39 is 0 Å². The van der Waals surface area contributed by atoms with Crippen LogP contribution in [-0.4, -0.2) is 44.8 Å². The van der Waals surface area contributed by atoms with Gasteiger partial charge in [-0.15, -0.1) is 24.8 Å². The number of rotatable bonds is 6. The van der Waals surface area contributed by atoms with Gasteiger partial charge in [-0.25, -0.2) is 9.97 Å². The molecule has 4 rings (SSSR count). The lowest BCUT2D eigenvalue weighted by Gasteiger charge is -2.34. The number of aryl methyl sites for hydroxylation is 1. The van der Waals surface area contributed by atoms with Gasteiger partial charge < -0.3 is 16.0 Å². The van der Waals surface area contributed by atoms with E-state index >= 15 is 0 Å². The first-order chi connectivity index (χ1) is 15.9. The number of hydrogen-bond acceptors (Lipinski definition) is 6. The first kappa shape index (κ1) is 28.3. The molecular weight excluding hydrogens is 485 g/mol. The molecule has 1 aliphatic carbocycles. The highest BCUT2D eigenvalue weighted by Gasteiger charge is 2.27. The summed E-state index contributed by atoms with van der Waals surface area (Å²) >= 11 is 0. The summed E-state index contributed by atoms with van der Waals surface area (Å²) in [5.74, 6) is 0.838. The minimum atomic E-state index is -0.286. The topological polar surface area (TPSA) is 116 Å². The van der Waals surface area contributed by atoms with Crippen LogP contribution in [0.1, 0.15) is 61.4 Å². The molecule has 0 saturated heterocycles. The SMILES string of the molecule is Cc1ccc2nc(C(=O)NC(C)C)nc(N[C@H]3CCCC[C@H]3NC(=N)c3ccccn3)c2c1.Cl.Cl. The summed E-state index contributed by atoms with van der Waals surface area (Å²) in [6.07, 6.45) is 5.77. The average molecular weight is 518 g/mol. The molecule has 8 nitrogen and oxygen atoms in total. The fraction of sp³-hybridized carbons (Fsp3) is 0.400. The molecule has 10 heteroatoms. The molecule has 2 heterocycles. The normalized spacial score (nSPS) is 17.1. The van der Waals surface area contributed by atoms with Gasteiger partial charge in [0.2, 0.25) is 5.82 Å². The van der Waals surface area contributed by atoms with Gasteiger partial charge in [-0.2, -0.15) is 0 Å². The molecule has 4 N–H and O–H groups in total. The van der Waals surface area contributed by atoms with Crippen LogP contribution in [0.5, 0.6) is 0 Å². The van der Waals surface area contributed by atoms with Crippen LogP contribution in [0.3, 0.4) is 0 Å². The second kappa shape index (κ2) is 12.7. The van der Waals surface area contributed by atoms with Crippen LogP contribution in [0.25, 0.3) is 10.9 Å². The van der Waals surface area contributed by atoms with Gasteiger partial charge in [-0.1, -0.05) is 30.5 Å². The van der Waals surface area contributed by atoms with Crippen molar-refractivity contribution in [2.45, 2.75) is 64.6 Å². The second-order valence-corrected chi connectivity index (χ2v) is 8.92. The Hall–Kier alpha value is -2.97. The van der Waals surface area contributed by atoms with E-state index in [-0.39, 0.29) is 54.7 Å². The Kier molecular flexibility index (Phi) is 10.2. The lowest BCUT2D eigenvalue weighted by atomic mass is 9.90. The van der Waals surface area contributed by atoms with Crippen LogP contribution in [0.4, 0.5) is 5.82 Å². The lowest BCUT2D eigenvalue weighted by molar-refractivity contribution is 0.0933. The van der Waals surface area contributed by atoms with Crippen molar-refractivity contribution in [2.75, 3.05) is 5.32 Å². The van der Waals surface area contributed by atoms with Crippen molar-refractivity contribution in [1.82, 2.24) is 25.6 Å². The van der Waals surface area contributed by atoms with Crippen LogP contribution in [-0.2, 0) is 0 Å². The van der Waals surface area contributed by atoms with Crippen LogP contribution in [0, 0.1) is 12.3 Å². The van der Waals surface area contributed by atoms with Gasteiger partial charge >= 0.3 is 0 Å². The Balaban J connectivity index is 0.00000216. The number of carbonyl (C=O) groups excluding carboxylic acids is 1. The summed E-state index contributed by atoms with van der Waals surface area (Å²) < 4.78 is 0. The number of benzene rings is 1. The molecule has 1 amide bonds. The molecule has 0 spiro atoms. The third kappa shape index (κ3) is 7.02. The number of aromatic nitrogens is 3. The van der Waals surface area contributed by atoms with Gasteiger partial charge in [0.15, 0.2) is 0 Å². The Morgan fingerprint density at radius 1 is 1.06 bits per heavy atom. The van der Waals surface area contributed by atoms with Crippen molar-refractivity contribution in [3.8, 4) is 0 Å². The molecule has 0 bridgehead atoms. The molecule has 2 atom stereocenters. The first-order valence-corrected chi connectivity index (χ1v) is 11.5. The molecule has 1 saturated carbocycles. The van der Waals surface area contributed by atoms with Gasteiger partial charge in [0.1, 0.15) is 17.3 Å².